The summed E-state index contributed by atoms with van der Waals surface area (Å²) >= 11 is 1.33. The number of hydrogen-bond donors (Lipinski definition) is 2. The molecule has 0 unspecified atom stereocenters. The Kier molecular flexibility index (Phi) is 10.2. The van der Waals surface area contributed by atoms with Crippen molar-refractivity contribution in [2.45, 2.75) is 58.7 Å². The van der Waals surface area contributed by atoms with E-state index in [0.29, 0.717) is 35.2 Å². The van der Waals surface area contributed by atoms with Crippen LogP contribution in [0.25, 0.3) is 11.3 Å². The number of aliphatic hydroxyl groups is 1. The number of thiazole rings is 1. The third-order valence-electron chi connectivity index (χ3n) is 8.56. The van der Waals surface area contributed by atoms with Crippen LogP contribution in [0.1, 0.15) is 59.5 Å². The summed E-state index contributed by atoms with van der Waals surface area (Å²) < 4.78 is 34.9. The quantitative estimate of drug-likeness (QED) is 0.143. The number of aryl methyl sites for hydroxylation is 2. The van der Waals surface area contributed by atoms with E-state index in [4.69, 9.17) is 20.7 Å². The molecule has 3 N–H and O–H groups in total. The SMILES string of the molecule is Cc1cc(CN2C=NN(C[C@](O)(c3ccc(F)cc3F)[C@@H](C)c3nc(-c4ccc(C#N)cc4)cs3)C2)cc(C)c1OC(=O)[C@@H](N)C(C)C. The van der Waals surface area contributed by atoms with Gasteiger partial charge in [0.2, 0.25) is 0 Å². The largest absolute Gasteiger partial charge is 0.425 e. The summed E-state index contributed by atoms with van der Waals surface area (Å²) in [5, 5.41) is 30.0. The van der Waals surface area contributed by atoms with Crippen LogP contribution in [-0.4, -0.2) is 51.6 Å². The first-order chi connectivity index (χ1) is 22.8. The number of β-amino-alcohol motifs (C(OH)–C–C–N with tert-alkyl or cyclic N) is 1. The number of hydrazone groups is 1. The topological polar surface area (TPSA) is 128 Å². The molecule has 0 fully saturated rings. The number of benzene rings is 3. The predicted octanol–water partition coefficient (Wildman–Crippen LogP) is 6.18. The smallest absolute Gasteiger partial charge is 0.328 e. The van der Waals surface area contributed by atoms with Gasteiger partial charge in [0.15, 0.2) is 0 Å². The van der Waals surface area contributed by atoms with Crippen LogP contribution in [-0.2, 0) is 16.9 Å². The van der Waals surface area contributed by atoms with E-state index in [9.17, 15) is 14.3 Å². The number of nitrogens with two attached hydrogens (primary N) is 1. The number of ether oxygens (including phenoxy) is 1. The van der Waals surface area contributed by atoms with Gasteiger partial charge >= 0.3 is 5.97 Å². The molecule has 9 nitrogen and oxygen atoms in total. The highest BCUT2D eigenvalue weighted by Gasteiger charge is 2.43. The average molecular weight is 673 g/mol. The van der Waals surface area contributed by atoms with Gasteiger partial charge in [0, 0.05) is 35.0 Å². The first-order valence-corrected chi connectivity index (χ1v) is 16.4. The maximum Gasteiger partial charge on any atom is 0.328 e. The third-order valence-corrected chi connectivity index (χ3v) is 9.59. The Morgan fingerprint density at radius 1 is 1.12 bits per heavy atom. The highest BCUT2D eigenvalue weighted by molar-refractivity contribution is 7.10. The van der Waals surface area contributed by atoms with E-state index >= 15 is 4.39 Å². The van der Waals surface area contributed by atoms with Gasteiger partial charge in [-0.3, -0.25) is 5.01 Å². The molecule has 48 heavy (non-hydrogen) atoms. The van der Waals surface area contributed by atoms with E-state index in [2.05, 4.69) is 11.2 Å². The second kappa shape index (κ2) is 14.2. The Morgan fingerprint density at radius 3 is 2.44 bits per heavy atom. The molecular formula is C36H38F2N6O3S. The fraction of sp³-hybridized carbons (Fsp3) is 0.333. The molecule has 0 bridgehead atoms. The van der Waals surface area contributed by atoms with Crippen LogP contribution in [0, 0.1) is 42.7 Å². The first-order valence-electron chi connectivity index (χ1n) is 15.5. The predicted molar refractivity (Wildman–Crippen MR) is 181 cm³/mol. The van der Waals surface area contributed by atoms with Crippen molar-refractivity contribution in [3.8, 4) is 23.1 Å². The number of esters is 1. The molecular weight excluding hydrogens is 634 g/mol. The lowest BCUT2D eigenvalue weighted by Gasteiger charge is -2.36. The van der Waals surface area contributed by atoms with E-state index in [1.807, 2.05) is 50.1 Å². The van der Waals surface area contributed by atoms with E-state index in [1.165, 1.54) is 17.4 Å². The van der Waals surface area contributed by atoms with Gasteiger partial charge in [-0.05, 0) is 54.7 Å². The van der Waals surface area contributed by atoms with Gasteiger partial charge in [0.05, 0.1) is 28.9 Å². The van der Waals surface area contributed by atoms with E-state index < -0.39 is 35.2 Å². The van der Waals surface area contributed by atoms with Crippen LogP contribution in [0.4, 0.5) is 8.78 Å². The van der Waals surface area contributed by atoms with Crippen molar-refractivity contribution in [1.29, 1.82) is 5.26 Å². The molecule has 0 aliphatic carbocycles. The van der Waals surface area contributed by atoms with Crippen LogP contribution >= 0.6 is 11.3 Å². The fourth-order valence-electron chi connectivity index (χ4n) is 5.69. The van der Waals surface area contributed by atoms with Crippen LogP contribution in [0.5, 0.6) is 5.75 Å². The Morgan fingerprint density at radius 2 is 1.81 bits per heavy atom. The van der Waals surface area contributed by atoms with Gasteiger partial charge in [-0.1, -0.05) is 51.1 Å². The summed E-state index contributed by atoms with van der Waals surface area (Å²) in [4.78, 5) is 19.2. The van der Waals surface area contributed by atoms with E-state index in [1.54, 1.807) is 42.5 Å². The molecule has 3 atom stereocenters. The Bertz CT molecular complexity index is 1850. The lowest BCUT2D eigenvalue weighted by atomic mass is 9.81. The summed E-state index contributed by atoms with van der Waals surface area (Å²) in [7, 11) is 0. The minimum absolute atomic E-state index is 0.0528. The zero-order valence-corrected chi connectivity index (χ0v) is 28.3. The van der Waals surface area contributed by atoms with Crippen LogP contribution in [0.2, 0.25) is 0 Å². The highest BCUT2D eigenvalue weighted by atomic mass is 32.1. The van der Waals surface area contributed by atoms with Crippen molar-refractivity contribution < 1.29 is 23.4 Å². The van der Waals surface area contributed by atoms with Crippen molar-refractivity contribution in [1.82, 2.24) is 14.9 Å². The molecule has 1 aromatic heterocycles. The van der Waals surface area contributed by atoms with Gasteiger partial charge in [0.1, 0.15) is 42.0 Å². The van der Waals surface area contributed by atoms with E-state index in [0.717, 1.165) is 34.4 Å². The second-order valence-electron chi connectivity index (χ2n) is 12.6. The second-order valence-corrected chi connectivity index (χ2v) is 13.5. The molecule has 3 aromatic carbocycles. The highest BCUT2D eigenvalue weighted by Crippen LogP contribution is 2.41. The van der Waals surface area contributed by atoms with E-state index in [-0.39, 0.29) is 18.0 Å². The van der Waals surface area contributed by atoms with Crippen molar-refractivity contribution in [3.05, 3.63) is 104 Å². The van der Waals surface area contributed by atoms with Crippen LogP contribution in [0.3, 0.4) is 0 Å². The summed E-state index contributed by atoms with van der Waals surface area (Å²) in [5.74, 6) is -2.36. The number of aromatic nitrogens is 1. The lowest BCUT2D eigenvalue weighted by molar-refractivity contribution is -0.136. The maximum atomic E-state index is 15.3. The molecule has 0 amide bonds. The first kappa shape index (κ1) is 34.6. The summed E-state index contributed by atoms with van der Waals surface area (Å²) in [5.41, 5.74) is 8.61. The van der Waals surface area contributed by atoms with Gasteiger partial charge in [-0.2, -0.15) is 10.4 Å². The standard InChI is InChI=1S/C36H38F2N6O3S/c1-21(2)32(40)35(45)47-33-22(3)12-26(13-23(33)4)16-43-19-41-44(20-43)18-36(46,29-11-10-28(37)14-30(29)38)24(5)34-42-31(17-48-34)27-8-6-25(15-39)7-9-27/h6-14,17,19,21,24,32,46H,16,18,20,40H2,1-5H3/t24-,32-,36+/m0/s1. The molecule has 4 aromatic rings. The third kappa shape index (κ3) is 7.39. The van der Waals surface area contributed by atoms with Gasteiger partial charge in [-0.25, -0.2) is 18.6 Å². The van der Waals surface area contributed by atoms with Gasteiger partial charge in [-0.15, -0.1) is 11.3 Å². The molecule has 5 rings (SSSR count). The minimum atomic E-state index is -1.83. The molecule has 1 aliphatic rings. The number of carbonyl (C=O) groups excluding carboxylic acids is 1. The molecule has 250 valence electrons. The Balaban J connectivity index is 1.34. The van der Waals surface area contributed by atoms with Crippen LogP contribution in [0.15, 0.2) is 65.1 Å². The number of halogens is 2. The summed E-state index contributed by atoms with van der Waals surface area (Å²) in [6.07, 6.45) is 1.65. The Hall–Kier alpha value is -4.70. The molecule has 0 saturated heterocycles. The van der Waals surface area contributed by atoms with Crippen molar-refractivity contribution in [2.75, 3.05) is 13.2 Å². The van der Waals surface area contributed by atoms with Crippen molar-refractivity contribution >= 4 is 23.6 Å². The monoisotopic (exact) mass is 672 g/mol. The summed E-state index contributed by atoms with van der Waals surface area (Å²) in [6.45, 7) is 9.89. The minimum Gasteiger partial charge on any atom is -0.425 e. The number of hydrogen-bond acceptors (Lipinski definition) is 10. The maximum absolute atomic E-state index is 15.3. The van der Waals surface area contributed by atoms with Crippen LogP contribution < -0.4 is 10.5 Å². The van der Waals surface area contributed by atoms with Gasteiger partial charge < -0.3 is 20.5 Å². The number of rotatable bonds is 11. The zero-order chi connectivity index (χ0) is 34.7. The Labute approximate surface area is 282 Å². The molecule has 2 heterocycles. The van der Waals surface area contributed by atoms with Gasteiger partial charge in [0.25, 0.3) is 0 Å². The molecule has 1 aliphatic heterocycles. The normalized spacial score (nSPS) is 15.4. The zero-order valence-electron chi connectivity index (χ0n) is 27.4. The molecule has 12 heteroatoms. The molecule has 0 spiro atoms. The molecule has 0 radical (unpaired) electrons. The number of carbonyl (C=O) groups is 1. The number of nitriles is 1. The molecule has 0 saturated carbocycles. The van der Waals surface area contributed by atoms with Crippen molar-refractivity contribution in [3.63, 3.8) is 0 Å². The lowest BCUT2D eigenvalue weighted by Crippen LogP contribution is -2.44. The fourth-order valence-corrected chi connectivity index (χ4v) is 6.66. The summed E-state index contributed by atoms with van der Waals surface area (Å²) in [6, 6.07) is 15.4. The number of nitrogens with zero attached hydrogens (tertiary/aromatic N) is 5. The average Bonchev–Trinajstić information content (AvgIpc) is 3.71. The van der Waals surface area contributed by atoms with Crippen molar-refractivity contribution in [2.24, 2.45) is 16.8 Å².